The molecule has 1 N–H and O–H groups in total. The Kier molecular flexibility index (Phi) is 5.88. The quantitative estimate of drug-likeness (QED) is 0.364. The molecule has 0 saturated carbocycles. The third-order valence-electron chi connectivity index (χ3n) is 5.47. The molecule has 182 valence electrons. The van der Waals surface area contributed by atoms with Crippen LogP contribution in [0.2, 0.25) is 0 Å². The summed E-state index contributed by atoms with van der Waals surface area (Å²) in [4.78, 5) is 17.3. The van der Waals surface area contributed by atoms with Crippen LogP contribution in [0.1, 0.15) is 21.6 Å². The summed E-state index contributed by atoms with van der Waals surface area (Å²) < 4.78 is 48.9. The number of ether oxygens (including phenoxy) is 1. The van der Waals surface area contributed by atoms with Gasteiger partial charge in [0.05, 0.1) is 37.4 Å². The van der Waals surface area contributed by atoms with Crippen LogP contribution in [0.4, 0.5) is 18.9 Å². The lowest BCUT2D eigenvalue weighted by molar-refractivity contribution is -0.142. The molecule has 0 aliphatic rings. The first kappa shape index (κ1) is 23.1. The zero-order valence-electron chi connectivity index (χ0n) is 18.9. The van der Waals surface area contributed by atoms with E-state index in [0.717, 1.165) is 17.8 Å². The number of benzene rings is 2. The minimum atomic E-state index is -4.72. The number of aromatic nitrogens is 5. The van der Waals surface area contributed by atoms with E-state index in [1.807, 2.05) is 30.3 Å². The number of halogens is 3. The Bertz CT molecular complexity index is 1530. The van der Waals surface area contributed by atoms with Gasteiger partial charge in [0, 0.05) is 11.8 Å². The second kappa shape index (κ2) is 9.17. The lowest BCUT2D eigenvalue weighted by Crippen LogP contribution is -2.15. The summed E-state index contributed by atoms with van der Waals surface area (Å²) in [5.41, 5.74) is 0.513. The van der Waals surface area contributed by atoms with Gasteiger partial charge in [-0.15, -0.1) is 0 Å². The average molecular weight is 492 g/mol. The average Bonchev–Trinajstić information content (AvgIpc) is 3.50. The maximum atomic E-state index is 13.9. The van der Waals surface area contributed by atoms with Crippen molar-refractivity contribution in [1.82, 2.24) is 24.4 Å². The van der Waals surface area contributed by atoms with Crippen molar-refractivity contribution >= 4 is 17.2 Å². The van der Waals surface area contributed by atoms with Crippen molar-refractivity contribution in [2.24, 2.45) is 0 Å². The summed E-state index contributed by atoms with van der Waals surface area (Å²) in [7, 11) is 1.49. The molecule has 0 bridgehead atoms. The molecule has 0 aliphatic heterocycles. The molecule has 0 atom stereocenters. The Morgan fingerprint density at radius 2 is 1.78 bits per heavy atom. The normalized spacial score (nSPS) is 11.6. The van der Waals surface area contributed by atoms with Gasteiger partial charge in [0.2, 0.25) is 0 Å². The van der Waals surface area contributed by atoms with Gasteiger partial charge in [-0.2, -0.15) is 23.4 Å². The predicted molar refractivity (Wildman–Crippen MR) is 126 cm³/mol. The van der Waals surface area contributed by atoms with Gasteiger partial charge in [0.15, 0.2) is 11.3 Å². The summed E-state index contributed by atoms with van der Waals surface area (Å²) in [6.07, 6.45) is -0.558. The molecule has 0 unspecified atom stereocenters. The summed E-state index contributed by atoms with van der Waals surface area (Å²) in [5, 5.41) is 10.7. The van der Waals surface area contributed by atoms with Crippen molar-refractivity contribution in [3.63, 3.8) is 0 Å². The molecule has 36 heavy (non-hydrogen) atoms. The van der Waals surface area contributed by atoms with E-state index >= 15 is 0 Å². The van der Waals surface area contributed by atoms with Crippen LogP contribution in [-0.4, -0.2) is 37.4 Å². The molecular formula is C25H19F3N6O2. The van der Waals surface area contributed by atoms with E-state index in [4.69, 9.17) is 4.74 Å². The number of hydrogen-bond donors (Lipinski definition) is 1. The number of nitrogens with zero attached hydrogens (tertiary/aromatic N) is 5. The molecule has 8 nitrogen and oxygen atoms in total. The number of carbonyl (C=O) groups is 1. The SMILES string of the molecule is COc1ccc(-c2cc(C(F)(F)F)n3ncc(C(=O)Nc4cnn(Cc5ccccc5)c4)c3n2)cc1. The fourth-order valence-electron chi connectivity index (χ4n) is 3.72. The van der Waals surface area contributed by atoms with Crippen LogP contribution >= 0.6 is 0 Å². The Hall–Kier alpha value is -4.67. The first-order valence-corrected chi connectivity index (χ1v) is 10.8. The number of hydrogen-bond acceptors (Lipinski definition) is 5. The van der Waals surface area contributed by atoms with Crippen molar-refractivity contribution in [2.75, 3.05) is 12.4 Å². The minimum absolute atomic E-state index is 0.0442. The fraction of sp³-hybridized carbons (Fsp3) is 0.120. The standard InChI is InChI=1S/C25H19F3N6O2/c1-36-19-9-7-17(8-10-19)21-11-22(25(26,27)28)34-23(32-21)20(13-30-34)24(35)31-18-12-29-33(15-18)14-16-5-3-2-4-6-16/h2-13,15H,14H2,1H3,(H,31,35). The third kappa shape index (κ3) is 4.63. The van der Waals surface area contributed by atoms with Gasteiger partial charge >= 0.3 is 6.18 Å². The molecule has 11 heteroatoms. The lowest BCUT2D eigenvalue weighted by Gasteiger charge is -2.12. The van der Waals surface area contributed by atoms with Gasteiger partial charge in [0.25, 0.3) is 5.91 Å². The van der Waals surface area contributed by atoms with Crippen LogP contribution < -0.4 is 10.1 Å². The zero-order chi connectivity index (χ0) is 25.3. The van der Waals surface area contributed by atoms with Crippen LogP contribution in [-0.2, 0) is 12.7 Å². The maximum Gasteiger partial charge on any atom is 0.433 e. The van der Waals surface area contributed by atoms with Crippen molar-refractivity contribution in [2.45, 2.75) is 12.7 Å². The van der Waals surface area contributed by atoms with E-state index in [9.17, 15) is 18.0 Å². The topological polar surface area (TPSA) is 86.3 Å². The zero-order valence-corrected chi connectivity index (χ0v) is 18.9. The molecule has 0 aliphatic carbocycles. The Labute approximate surface area is 203 Å². The Morgan fingerprint density at radius 3 is 2.47 bits per heavy atom. The van der Waals surface area contributed by atoms with E-state index in [2.05, 4.69) is 20.5 Å². The van der Waals surface area contributed by atoms with E-state index in [-0.39, 0.29) is 16.9 Å². The molecule has 2 aromatic carbocycles. The number of rotatable bonds is 6. The summed E-state index contributed by atoms with van der Waals surface area (Å²) in [6.45, 7) is 0.495. The molecule has 0 fully saturated rings. The van der Waals surface area contributed by atoms with Crippen molar-refractivity contribution < 1.29 is 22.7 Å². The molecule has 1 amide bonds. The number of fused-ring (bicyclic) bond motifs is 1. The number of amides is 1. The summed E-state index contributed by atoms with van der Waals surface area (Å²) in [5.74, 6) is -0.107. The second-order valence-corrected chi connectivity index (χ2v) is 7.91. The van der Waals surface area contributed by atoms with Gasteiger partial charge in [0.1, 0.15) is 11.3 Å². The largest absolute Gasteiger partial charge is 0.497 e. The van der Waals surface area contributed by atoms with Crippen LogP contribution in [0.15, 0.2) is 79.3 Å². The van der Waals surface area contributed by atoms with Gasteiger partial charge in [-0.1, -0.05) is 30.3 Å². The van der Waals surface area contributed by atoms with Crippen LogP contribution in [0.5, 0.6) is 5.75 Å². The highest BCUT2D eigenvalue weighted by Crippen LogP contribution is 2.33. The Morgan fingerprint density at radius 1 is 1.03 bits per heavy atom. The van der Waals surface area contributed by atoms with Crippen LogP contribution in [0.3, 0.4) is 0 Å². The monoisotopic (exact) mass is 492 g/mol. The number of methoxy groups -OCH3 is 1. The first-order chi connectivity index (χ1) is 17.3. The molecule has 3 heterocycles. The van der Waals surface area contributed by atoms with E-state index in [1.165, 1.54) is 13.3 Å². The fourth-order valence-corrected chi connectivity index (χ4v) is 3.72. The summed E-state index contributed by atoms with van der Waals surface area (Å²) in [6, 6.07) is 16.9. The van der Waals surface area contributed by atoms with Crippen molar-refractivity contribution in [1.29, 1.82) is 0 Å². The minimum Gasteiger partial charge on any atom is -0.497 e. The molecule has 3 aromatic heterocycles. The Balaban J connectivity index is 1.47. The smallest absolute Gasteiger partial charge is 0.433 e. The second-order valence-electron chi connectivity index (χ2n) is 7.91. The van der Waals surface area contributed by atoms with E-state index in [0.29, 0.717) is 28.1 Å². The van der Waals surface area contributed by atoms with E-state index < -0.39 is 17.8 Å². The number of carbonyl (C=O) groups excluding carboxylic acids is 1. The summed E-state index contributed by atoms with van der Waals surface area (Å²) >= 11 is 0. The van der Waals surface area contributed by atoms with Gasteiger partial charge in [-0.25, -0.2) is 9.50 Å². The highest BCUT2D eigenvalue weighted by atomic mass is 19.4. The molecule has 5 rings (SSSR count). The molecule has 0 radical (unpaired) electrons. The van der Waals surface area contributed by atoms with Gasteiger partial charge < -0.3 is 10.1 Å². The van der Waals surface area contributed by atoms with Crippen molar-refractivity contribution in [3.05, 3.63) is 96.1 Å². The molecule has 0 saturated heterocycles. The molecule has 5 aromatic rings. The highest BCUT2D eigenvalue weighted by Gasteiger charge is 2.36. The number of alkyl halides is 3. The maximum absolute atomic E-state index is 13.9. The van der Waals surface area contributed by atoms with E-state index in [1.54, 1.807) is 35.1 Å². The van der Waals surface area contributed by atoms with Gasteiger partial charge in [-0.3, -0.25) is 9.48 Å². The van der Waals surface area contributed by atoms with Gasteiger partial charge in [-0.05, 0) is 35.9 Å². The van der Waals surface area contributed by atoms with Crippen LogP contribution in [0.25, 0.3) is 16.9 Å². The lowest BCUT2D eigenvalue weighted by atomic mass is 10.1. The predicted octanol–water partition coefficient (Wildman–Crippen LogP) is 4.92. The van der Waals surface area contributed by atoms with Crippen molar-refractivity contribution in [3.8, 4) is 17.0 Å². The number of nitrogens with one attached hydrogen (secondary N) is 1. The molecular weight excluding hydrogens is 473 g/mol. The van der Waals surface area contributed by atoms with Crippen LogP contribution in [0, 0.1) is 0 Å². The third-order valence-corrected chi connectivity index (χ3v) is 5.47. The number of anilines is 1. The molecule has 0 spiro atoms. The highest BCUT2D eigenvalue weighted by molar-refractivity contribution is 6.08. The first-order valence-electron chi connectivity index (χ1n) is 10.8.